The summed E-state index contributed by atoms with van der Waals surface area (Å²) in [6, 6.07) is 0. The predicted molar refractivity (Wildman–Crippen MR) is 51.6 cm³/mol. The van der Waals surface area contributed by atoms with Crippen LogP contribution >= 0.6 is 0 Å². The van der Waals surface area contributed by atoms with E-state index in [1.165, 1.54) is 7.11 Å². The normalized spacial score (nSPS) is 28.4. The van der Waals surface area contributed by atoms with Crippen molar-refractivity contribution in [3.8, 4) is 0 Å². The fourth-order valence-electron chi connectivity index (χ4n) is 1.70. The third-order valence-corrected chi connectivity index (χ3v) is 4.08. The maximum Gasteiger partial charge on any atom is 0.310 e. The molecule has 5 nitrogen and oxygen atoms in total. The average molecular weight is 221 g/mol. The topological polar surface area (TPSA) is 72.5 Å². The van der Waals surface area contributed by atoms with Crippen LogP contribution in [0.5, 0.6) is 0 Å². The molecule has 1 N–H and O–H groups in total. The lowest BCUT2D eigenvalue weighted by Crippen LogP contribution is -2.48. The van der Waals surface area contributed by atoms with Crippen LogP contribution < -0.4 is 5.32 Å². The zero-order valence-electron chi connectivity index (χ0n) is 8.32. The lowest BCUT2D eigenvalue weighted by Gasteiger charge is -2.28. The summed E-state index contributed by atoms with van der Waals surface area (Å²) in [5.74, 6) is -0.946. The quantitative estimate of drug-likeness (QED) is 0.617. The summed E-state index contributed by atoms with van der Waals surface area (Å²) in [4.78, 5) is 11.3. The van der Waals surface area contributed by atoms with Crippen molar-refractivity contribution >= 4 is 15.8 Å². The van der Waals surface area contributed by atoms with Crippen molar-refractivity contribution in [2.75, 3.05) is 26.5 Å². The fraction of sp³-hybridized carbons (Fsp3) is 0.875. The second-order valence-electron chi connectivity index (χ2n) is 3.49. The molecule has 6 heteroatoms. The predicted octanol–water partition coefficient (Wildman–Crippen LogP) is -0.818. The van der Waals surface area contributed by atoms with Gasteiger partial charge >= 0.3 is 5.97 Å². The van der Waals surface area contributed by atoms with Gasteiger partial charge in [-0.25, -0.2) is 8.42 Å². The van der Waals surface area contributed by atoms with Crippen LogP contribution in [0, 0.1) is 5.92 Å². The zero-order chi connectivity index (χ0) is 10.8. The van der Waals surface area contributed by atoms with Gasteiger partial charge in [0.05, 0.1) is 18.3 Å². The van der Waals surface area contributed by atoms with E-state index in [0.29, 0.717) is 19.5 Å². The number of methoxy groups -OCH3 is 1. The van der Waals surface area contributed by atoms with Gasteiger partial charge in [0.1, 0.15) is 0 Å². The Balaban J connectivity index is 2.85. The molecule has 1 aliphatic rings. The molecule has 1 fully saturated rings. The highest BCUT2D eigenvalue weighted by Crippen LogP contribution is 2.20. The van der Waals surface area contributed by atoms with Crippen LogP contribution in [0.2, 0.25) is 0 Å². The van der Waals surface area contributed by atoms with Crippen LogP contribution in [-0.2, 0) is 19.4 Å². The van der Waals surface area contributed by atoms with Crippen molar-refractivity contribution < 1.29 is 17.9 Å². The highest BCUT2D eigenvalue weighted by atomic mass is 32.2. The molecular weight excluding hydrogens is 206 g/mol. The molecule has 0 aliphatic carbocycles. The van der Waals surface area contributed by atoms with Crippen molar-refractivity contribution in [1.82, 2.24) is 5.32 Å². The third-order valence-electron chi connectivity index (χ3n) is 2.48. The maximum atomic E-state index is 11.4. The van der Waals surface area contributed by atoms with Crippen LogP contribution in [-0.4, -0.2) is 46.1 Å². The van der Waals surface area contributed by atoms with E-state index >= 15 is 0 Å². The molecule has 2 unspecified atom stereocenters. The molecule has 0 radical (unpaired) electrons. The van der Waals surface area contributed by atoms with Crippen LogP contribution in [0.1, 0.15) is 6.42 Å². The molecule has 2 atom stereocenters. The Bertz CT molecular complexity index is 311. The summed E-state index contributed by atoms with van der Waals surface area (Å²) in [7, 11) is -1.91. The Morgan fingerprint density at radius 3 is 2.64 bits per heavy atom. The maximum absolute atomic E-state index is 11.4. The van der Waals surface area contributed by atoms with Gasteiger partial charge < -0.3 is 10.1 Å². The van der Waals surface area contributed by atoms with E-state index in [1.807, 2.05) is 0 Å². The Morgan fingerprint density at radius 2 is 2.14 bits per heavy atom. The lowest BCUT2D eigenvalue weighted by molar-refractivity contribution is -0.146. The van der Waals surface area contributed by atoms with Crippen LogP contribution in [0.4, 0.5) is 0 Å². The fourth-order valence-corrected chi connectivity index (χ4v) is 2.97. The number of hydrogen-bond acceptors (Lipinski definition) is 5. The summed E-state index contributed by atoms with van der Waals surface area (Å²) in [5, 5.41) is 2.31. The minimum absolute atomic E-state index is 0.332. The highest BCUT2D eigenvalue weighted by Gasteiger charge is 2.37. The first-order valence-electron chi connectivity index (χ1n) is 4.44. The first-order chi connectivity index (χ1) is 6.46. The highest BCUT2D eigenvalue weighted by molar-refractivity contribution is 7.91. The van der Waals surface area contributed by atoms with E-state index in [-0.39, 0.29) is 0 Å². The first-order valence-corrected chi connectivity index (χ1v) is 6.39. The summed E-state index contributed by atoms with van der Waals surface area (Å²) >= 11 is 0. The molecule has 82 valence electrons. The second kappa shape index (κ2) is 4.27. The Morgan fingerprint density at radius 1 is 1.50 bits per heavy atom. The van der Waals surface area contributed by atoms with E-state index in [0.717, 1.165) is 6.26 Å². The molecule has 0 aromatic heterocycles. The number of nitrogens with one attached hydrogen (secondary N) is 1. The van der Waals surface area contributed by atoms with Gasteiger partial charge in [-0.2, -0.15) is 0 Å². The van der Waals surface area contributed by atoms with Crippen LogP contribution in [0.25, 0.3) is 0 Å². The smallest absolute Gasteiger partial charge is 0.310 e. The second-order valence-corrected chi connectivity index (χ2v) is 5.75. The van der Waals surface area contributed by atoms with E-state index in [1.54, 1.807) is 0 Å². The van der Waals surface area contributed by atoms with Gasteiger partial charge in [-0.05, 0) is 13.0 Å². The number of piperidine rings is 1. The molecule has 1 rings (SSSR count). The van der Waals surface area contributed by atoms with Crippen molar-refractivity contribution in [3.05, 3.63) is 0 Å². The molecule has 0 spiro atoms. The summed E-state index contributed by atoms with van der Waals surface area (Å²) in [6.45, 7) is 0.990. The molecule has 0 bridgehead atoms. The molecule has 1 saturated heterocycles. The largest absolute Gasteiger partial charge is 0.469 e. The zero-order valence-corrected chi connectivity index (χ0v) is 9.13. The van der Waals surface area contributed by atoms with Gasteiger partial charge in [0, 0.05) is 12.8 Å². The van der Waals surface area contributed by atoms with Crippen molar-refractivity contribution in [2.45, 2.75) is 11.7 Å². The summed E-state index contributed by atoms with van der Waals surface area (Å²) in [6.07, 6.45) is 1.67. The van der Waals surface area contributed by atoms with E-state index in [9.17, 15) is 13.2 Å². The number of ether oxygens (including phenoxy) is 1. The van der Waals surface area contributed by atoms with Gasteiger partial charge in [0.2, 0.25) is 0 Å². The molecule has 1 aliphatic heterocycles. The van der Waals surface area contributed by atoms with Crippen molar-refractivity contribution in [3.63, 3.8) is 0 Å². The standard InChI is InChI=1S/C8H15NO4S/c1-13-8(10)6-3-4-9-5-7(6)14(2,11)12/h6-7,9H,3-5H2,1-2H3. The molecule has 0 aromatic carbocycles. The SMILES string of the molecule is COC(=O)C1CCNCC1S(C)(=O)=O. The van der Waals surface area contributed by atoms with E-state index in [2.05, 4.69) is 10.1 Å². The number of rotatable bonds is 2. The van der Waals surface area contributed by atoms with Gasteiger partial charge in [0.15, 0.2) is 9.84 Å². The number of carbonyl (C=O) groups is 1. The number of sulfone groups is 1. The lowest BCUT2D eigenvalue weighted by atomic mass is 9.98. The number of esters is 1. The summed E-state index contributed by atoms with van der Waals surface area (Å²) in [5.41, 5.74) is 0. The van der Waals surface area contributed by atoms with Crippen molar-refractivity contribution in [1.29, 1.82) is 0 Å². The monoisotopic (exact) mass is 221 g/mol. The first kappa shape index (κ1) is 11.5. The number of hydrogen-bond donors (Lipinski definition) is 1. The average Bonchev–Trinajstić information content (AvgIpc) is 2.15. The van der Waals surface area contributed by atoms with Gasteiger partial charge in [-0.15, -0.1) is 0 Å². The Hall–Kier alpha value is -0.620. The van der Waals surface area contributed by atoms with E-state index in [4.69, 9.17) is 0 Å². The third kappa shape index (κ3) is 2.45. The number of carbonyl (C=O) groups excluding carboxylic acids is 1. The van der Waals surface area contributed by atoms with Gasteiger partial charge in [0.25, 0.3) is 0 Å². The van der Waals surface area contributed by atoms with Gasteiger partial charge in [-0.1, -0.05) is 0 Å². The summed E-state index contributed by atoms with van der Waals surface area (Å²) < 4.78 is 27.3. The minimum Gasteiger partial charge on any atom is -0.469 e. The molecular formula is C8H15NO4S. The Kier molecular flexibility index (Phi) is 3.49. The molecule has 0 amide bonds. The van der Waals surface area contributed by atoms with Crippen LogP contribution in [0.3, 0.4) is 0 Å². The molecule has 0 saturated carbocycles. The van der Waals surface area contributed by atoms with E-state index < -0.39 is 27.0 Å². The minimum atomic E-state index is -3.19. The van der Waals surface area contributed by atoms with Crippen LogP contribution in [0.15, 0.2) is 0 Å². The molecule has 0 aromatic rings. The van der Waals surface area contributed by atoms with Crippen molar-refractivity contribution in [2.24, 2.45) is 5.92 Å². The molecule has 1 heterocycles. The molecule has 14 heavy (non-hydrogen) atoms. The van der Waals surface area contributed by atoms with Gasteiger partial charge in [-0.3, -0.25) is 4.79 Å². The Labute approximate surface area is 83.7 Å².